The number of allylic oxidation sites excluding steroid dienone is 1. The van der Waals surface area contributed by atoms with E-state index >= 15 is 0 Å². The maximum Gasteiger partial charge on any atom is 0.246 e. The Hall–Kier alpha value is -2.14. The summed E-state index contributed by atoms with van der Waals surface area (Å²) in [5.41, 5.74) is 1.52. The third kappa shape index (κ3) is 5.12. The number of hydrogen-bond donors (Lipinski definition) is 2. The Balaban J connectivity index is 1.88. The fourth-order valence-electron chi connectivity index (χ4n) is 5.07. The Kier molecular flexibility index (Phi) is 6.71. The molecule has 0 radical (unpaired) electrons. The van der Waals surface area contributed by atoms with E-state index in [2.05, 4.69) is 46.4 Å². The van der Waals surface area contributed by atoms with Crippen LogP contribution in [0.5, 0.6) is 0 Å². The number of benzene rings is 1. The molecule has 5 nitrogen and oxygen atoms in total. The van der Waals surface area contributed by atoms with Crippen molar-refractivity contribution in [2.75, 3.05) is 13.1 Å². The Labute approximate surface area is 181 Å². The number of carbonyl (C=O) groups excluding carboxylic acids is 2. The Morgan fingerprint density at radius 3 is 2.57 bits per heavy atom. The van der Waals surface area contributed by atoms with Crippen molar-refractivity contribution in [2.24, 2.45) is 11.8 Å². The summed E-state index contributed by atoms with van der Waals surface area (Å²) in [6, 6.07) is 8.60. The van der Waals surface area contributed by atoms with E-state index in [4.69, 9.17) is 0 Å². The van der Waals surface area contributed by atoms with E-state index < -0.39 is 5.54 Å². The summed E-state index contributed by atoms with van der Waals surface area (Å²) in [5.74, 6) is 0.0584. The smallest absolute Gasteiger partial charge is 0.246 e. The van der Waals surface area contributed by atoms with Crippen LogP contribution in [0.3, 0.4) is 0 Å². The average Bonchev–Trinajstić information content (AvgIpc) is 2.67. The Morgan fingerprint density at radius 2 is 1.93 bits per heavy atom. The molecule has 1 heterocycles. The highest BCUT2D eigenvalue weighted by atomic mass is 16.2. The minimum absolute atomic E-state index is 0.0604. The summed E-state index contributed by atoms with van der Waals surface area (Å²) in [6.07, 6.45) is 5.47. The van der Waals surface area contributed by atoms with Crippen molar-refractivity contribution in [3.05, 3.63) is 48.0 Å². The van der Waals surface area contributed by atoms with Crippen LogP contribution < -0.4 is 10.6 Å². The minimum atomic E-state index is -0.910. The fraction of sp³-hybridized carbons (Fsp3) is 0.600. The maximum absolute atomic E-state index is 13.6. The maximum atomic E-state index is 13.6. The number of rotatable bonds is 5. The first-order valence-corrected chi connectivity index (χ1v) is 11.2. The molecule has 3 unspecified atom stereocenters. The minimum Gasteiger partial charge on any atom is -0.349 e. The lowest BCUT2D eigenvalue weighted by Gasteiger charge is -2.48. The van der Waals surface area contributed by atoms with Gasteiger partial charge in [0.05, 0.1) is 0 Å². The molecular formula is C25H37N3O2. The number of fused-ring (bicyclic) bond motifs is 1. The van der Waals surface area contributed by atoms with Gasteiger partial charge in [-0.3, -0.25) is 14.5 Å². The van der Waals surface area contributed by atoms with Gasteiger partial charge in [0, 0.05) is 38.0 Å². The van der Waals surface area contributed by atoms with Crippen LogP contribution in [0, 0.1) is 11.8 Å². The van der Waals surface area contributed by atoms with Crippen molar-refractivity contribution in [1.82, 2.24) is 15.5 Å². The largest absolute Gasteiger partial charge is 0.349 e. The lowest BCUT2D eigenvalue weighted by Crippen LogP contribution is -2.68. The summed E-state index contributed by atoms with van der Waals surface area (Å²) >= 11 is 0. The molecular weight excluding hydrogens is 374 g/mol. The summed E-state index contributed by atoms with van der Waals surface area (Å²) < 4.78 is 0. The van der Waals surface area contributed by atoms with Gasteiger partial charge in [-0.1, -0.05) is 30.3 Å². The quantitative estimate of drug-likeness (QED) is 0.730. The van der Waals surface area contributed by atoms with Crippen LogP contribution in [0.15, 0.2) is 36.9 Å². The van der Waals surface area contributed by atoms with E-state index in [1.165, 1.54) is 18.1 Å². The van der Waals surface area contributed by atoms with E-state index in [-0.39, 0.29) is 29.2 Å². The van der Waals surface area contributed by atoms with Crippen molar-refractivity contribution in [3.8, 4) is 0 Å². The van der Waals surface area contributed by atoms with Crippen molar-refractivity contribution in [2.45, 2.75) is 71.0 Å². The number of hydrogen-bond acceptors (Lipinski definition) is 3. The predicted molar refractivity (Wildman–Crippen MR) is 121 cm³/mol. The van der Waals surface area contributed by atoms with Crippen LogP contribution >= 0.6 is 0 Å². The summed E-state index contributed by atoms with van der Waals surface area (Å²) in [7, 11) is 0. The van der Waals surface area contributed by atoms with Crippen LogP contribution in [-0.2, 0) is 22.6 Å². The van der Waals surface area contributed by atoms with Gasteiger partial charge in [0.1, 0.15) is 5.54 Å². The standard InChI is InChI=1S/C25H37N3O2/c1-6-19-11-12-22(17-28-14-13-20-9-7-8-10-21(20)16-28)25(15-19,26-18(2)29)23(30)27-24(3,4)5/h6-10,19,22H,1,11-17H2,2-5H3,(H,26,29)(H,27,30). The third-order valence-corrected chi connectivity index (χ3v) is 6.48. The molecule has 2 aliphatic rings. The normalized spacial score (nSPS) is 27.1. The van der Waals surface area contributed by atoms with Crippen LogP contribution in [0.4, 0.5) is 0 Å². The second kappa shape index (κ2) is 8.93. The molecule has 1 aromatic rings. The van der Waals surface area contributed by atoms with Crippen LogP contribution in [0.2, 0.25) is 0 Å². The lowest BCUT2D eigenvalue weighted by molar-refractivity contribution is -0.139. The van der Waals surface area contributed by atoms with Crippen molar-refractivity contribution in [1.29, 1.82) is 0 Å². The molecule has 3 atom stereocenters. The van der Waals surface area contributed by atoms with Crippen molar-refractivity contribution >= 4 is 11.8 Å². The highest BCUT2D eigenvalue weighted by Crippen LogP contribution is 2.39. The number of amides is 2. The molecule has 1 saturated carbocycles. The monoisotopic (exact) mass is 411 g/mol. The molecule has 5 heteroatoms. The van der Waals surface area contributed by atoms with Gasteiger partial charge in [0.15, 0.2) is 0 Å². The lowest BCUT2D eigenvalue weighted by atomic mass is 9.67. The van der Waals surface area contributed by atoms with E-state index in [1.807, 2.05) is 26.8 Å². The molecule has 2 amide bonds. The van der Waals surface area contributed by atoms with Crippen LogP contribution in [0.25, 0.3) is 0 Å². The van der Waals surface area contributed by atoms with E-state index in [0.717, 1.165) is 38.9 Å². The Morgan fingerprint density at radius 1 is 1.23 bits per heavy atom. The van der Waals surface area contributed by atoms with Crippen molar-refractivity contribution < 1.29 is 9.59 Å². The molecule has 3 rings (SSSR count). The van der Waals surface area contributed by atoms with Crippen LogP contribution in [-0.4, -0.2) is 40.9 Å². The van der Waals surface area contributed by atoms with Crippen LogP contribution in [0.1, 0.15) is 58.1 Å². The molecule has 1 aliphatic carbocycles. The van der Waals surface area contributed by atoms with Gasteiger partial charge in [0.25, 0.3) is 0 Å². The zero-order chi connectivity index (χ0) is 21.9. The van der Waals surface area contributed by atoms with Crippen molar-refractivity contribution in [3.63, 3.8) is 0 Å². The van der Waals surface area contributed by atoms with Gasteiger partial charge in [-0.2, -0.15) is 0 Å². The van der Waals surface area contributed by atoms with E-state index in [1.54, 1.807) is 0 Å². The summed E-state index contributed by atoms with van der Waals surface area (Å²) in [4.78, 5) is 28.3. The number of nitrogens with zero attached hydrogens (tertiary/aromatic N) is 1. The van der Waals surface area contributed by atoms with Gasteiger partial charge in [-0.05, 0) is 63.5 Å². The first-order valence-electron chi connectivity index (χ1n) is 11.2. The molecule has 164 valence electrons. The molecule has 30 heavy (non-hydrogen) atoms. The summed E-state index contributed by atoms with van der Waals surface area (Å²) in [5, 5.41) is 6.27. The molecule has 0 saturated heterocycles. The fourth-order valence-corrected chi connectivity index (χ4v) is 5.07. The number of carbonyl (C=O) groups is 2. The molecule has 1 aliphatic heterocycles. The molecule has 1 aromatic carbocycles. The highest BCUT2D eigenvalue weighted by molar-refractivity contribution is 5.92. The topological polar surface area (TPSA) is 61.4 Å². The van der Waals surface area contributed by atoms with Gasteiger partial charge < -0.3 is 10.6 Å². The zero-order valence-electron chi connectivity index (χ0n) is 19.0. The third-order valence-electron chi connectivity index (χ3n) is 6.48. The number of nitrogens with one attached hydrogen (secondary N) is 2. The van der Waals surface area contributed by atoms with Gasteiger partial charge in [-0.25, -0.2) is 0 Å². The first kappa shape index (κ1) is 22.5. The zero-order valence-corrected chi connectivity index (χ0v) is 19.0. The van der Waals surface area contributed by atoms with Gasteiger partial charge in [0.2, 0.25) is 11.8 Å². The molecule has 1 fully saturated rings. The molecule has 0 spiro atoms. The van der Waals surface area contributed by atoms with Gasteiger partial charge in [-0.15, -0.1) is 6.58 Å². The highest BCUT2D eigenvalue weighted by Gasteiger charge is 2.51. The molecule has 2 N–H and O–H groups in total. The second-order valence-electron chi connectivity index (χ2n) is 10.1. The molecule has 0 bridgehead atoms. The Bertz CT molecular complexity index is 798. The first-order chi connectivity index (χ1) is 14.1. The SMILES string of the molecule is C=CC1CCC(CN2CCc3ccccc3C2)C(NC(C)=O)(C(=O)NC(C)(C)C)C1. The van der Waals surface area contributed by atoms with E-state index in [0.29, 0.717) is 6.42 Å². The van der Waals surface area contributed by atoms with Gasteiger partial charge >= 0.3 is 0 Å². The predicted octanol–water partition coefficient (Wildman–Crippen LogP) is 3.44. The molecule has 0 aromatic heterocycles. The van der Waals surface area contributed by atoms with E-state index in [9.17, 15) is 9.59 Å². The second-order valence-corrected chi connectivity index (χ2v) is 10.1. The average molecular weight is 412 g/mol. The summed E-state index contributed by atoms with van der Waals surface area (Å²) in [6.45, 7) is 14.1.